The molecule has 0 aromatic heterocycles. The summed E-state index contributed by atoms with van der Waals surface area (Å²) in [6, 6.07) is 9.92. The van der Waals surface area contributed by atoms with Crippen molar-refractivity contribution in [2.45, 2.75) is 0 Å². The van der Waals surface area contributed by atoms with Crippen LogP contribution in [0, 0.1) is 0 Å². The van der Waals surface area contributed by atoms with Gasteiger partial charge in [-0.05, 0) is 5.56 Å². The van der Waals surface area contributed by atoms with E-state index < -0.39 is 0 Å². The highest BCUT2D eigenvalue weighted by molar-refractivity contribution is 5.85. The Balaban J connectivity index is 2.64. The maximum atomic E-state index is 3.94. The molecule has 2 heteroatoms. The third-order valence-electron chi connectivity index (χ3n) is 1.21. The van der Waals surface area contributed by atoms with Crippen LogP contribution in [0.15, 0.2) is 40.3 Å². The SMILES string of the molecule is C/N=C/N=Cc1ccccc1. The summed E-state index contributed by atoms with van der Waals surface area (Å²) in [4.78, 5) is 7.67. The van der Waals surface area contributed by atoms with Gasteiger partial charge < -0.3 is 0 Å². The normalized spacial score (nSPS) is 11.4. The van der Waals surface area contributed by atoms with Gasteiger partial charge in [0.25, 0.3) is 0 Å². The number of hydrogen-bond donors (Lipinski definition) is 0. The Bertz CT molecular complexity index is 250. The Hall–Kier alpha value is -1.44. The Kier molecular flexibility index (Phi) is 3.06. The molecule has 56 valence electrons. The molecule has 1 aromatic rings. The minimum absolute atomic E-state index is 1.09. The molecule has 0 atom stereocenters. The van der Waals surface area contributed by atoms with E-state index in [1.54, 1.807) is 13.3 Å². The van der Waals surface area contributed by atoms with Crippen LogP contribution in [0.25, 0.3) is 0 Å². The summed E-state index contributed by atoms with van der Waals surface area (Å²) in [5.74, 6) is 0. The lowest BCUT2D eigenvalue weighted by Crippen LogP contribution is -1.78. The Morgan fingerprint density at radius 1 is 1.18 bits per heavy atom. The van der Waals surface area contributed by atoms with Gasteiger partial charge in [-0.1, -0.05) is 30.3 Å². The van der Waals surface area contributed by atoms with Crippen molar-refractivity contribution < 1.29 is 0 Å². The molecule has 1 aromatic carbocycles. The number of nitrogens with zero attached hydrogens (tertiary/aromatic N) is 2. The molecule has 0 heterocycles. The largest absolute Gasteiger partial charge is 0.277 e. The van der Waals surface area contributed by atoms with Crippen LogP contribution in [0.5, 0.6) is 0 Å². The fourth-order valence-electron chi connectivity index (χ4n) is 0.725. The van der Waals surface area contributed by atoms with E-state index in [1.165, 1.54) is 6.34 Å². The van der Waals surface area contributed by atoms with Crippen molar-refractivity contribution in [3.8, 4) is 0 Å². The second-order valence-electron chi connectivity index (χ2n) is 2.06. The number of rotatable bonds is 2. The van der Waals surface area contributed by atoms with Gasteiger partial charge in [0.05, 0.1) is 0 Å². The van der Waals surface area contributed by atoms with Crippen molar-refractivity contribution in [2.75, 3.05) is 7.05 Å². The van der Waals surface area contributed by atoms with Gasteiger partial charge in [0.2, 0.25) is 0 Å². The van der Waals surface area contributed by atoms with Crippen LogP contribution < -0.4 is 0 Å². The highest BCUT2D eigenvalue weighted by Crippen LogP contribution is 1.92. The van der Waals surface area contributed by atoms with E-state index >= 15 is 0 Å². The maximum Gasteiger partial charge on any atom is 0.109 e. The summed E-state index contributed by atoms with van der Waals surface area (Å²) in [6.45, 7) is 0. The van der Waals surface area contributed by atoms with Crippen molar-refractivity contribution in [3.63, 3.8) is 0 Å². The first-order chi connectivity index (χ1) is 5.43. The Morgan fingerprint density at radius 2 is 1.91 bits per heavy atom. The second-order valence-corrected chi connectivity index (χ2v) is 2.06. The monoisotopic (exact) mass is 146 g/mol. The number of aliphatic imine (C=N–C) groups is 2. The van der Waals surface area contributed by atoms with Crippen molar-refractivity contribution in [2.24, 2.45) is 9.98 Å². The standard InChI is InChI=1S/C9H10N2/c1-10-8-11-7-9-5-3-2-4-6-9/h2-8H,1H3/b10-8+,11-7?. The lowest BCUT2D eigenvalue weighted by molar-refractivity contribution is 1.45. The molecular formula is C9H10N2. The third kappa shape index (κ3) is 2.76. The molecule has 2 nitrogen and oxygen atoms in total. The molecule has 0 bridgehead atoms. The van der Waals surface area contributed by atoms with Crippen LogP contribution in [0.3, 0.4) is 0 Å². The molecule has 0 N–H and O–H groups in total. The molecule has 0 unspecified atom stereocenters. The van der Waals surface area contributed by atoms with E-state index in [4.69, 9.17) is 0 Å². The lowest BCUT2D eigenvalue weighted by atomic mass is 10.2. The molecule has 0 saturated heterocycles. The van der Waals surface area contributed by atoms with Crippen LogP contribution in [0.2, 0.25) is 0 Å². The van der Waals surface area contributed by atoms with Crippen LogP contribution in [-0.4, -0.2) is 19.6 Å². The van der Waals surface area contributed by atoms with E-state index in [0.29, 0.717) is 0 Å². The Morgan fingerprint density at radius 3 is 2.55 bits per heavy atom. The molecule has 0 saturated carbocycles. The third-order valence-corrected chi connectivity index (χ3v) is 1.21. The smallest absolute Gasteiger partial charge is 0.109 e. The molecule has 1 rings (SSSR count). The fraction of sp³-hybridized carbons (Fsp3) is 0.111. The highest BCUT2D eigenvalue weighted by Gasteiger charge is 1.79. The van der Waals surface area contributed by atoms with Gasteiger partial charge in [-0.3, -0.25) is 4.99 Å². The predicted molar refractivity (Wildman–Crippen MR) is 48.5 cm³/mol. The van der Waals surface area contributed by atoms with Crippen molar-refractivity contribution >= 4 is 12.6 Å². The zero-order valence-electron chi connectivity index (χ0n) is 6.44. The first-order valence-electron chi connectivity index (χ1n) is 3.42. The molecule has 0 fully saturated rings. The molecule has 0 amide bonds. The molecule has 0 aliphatic carbocycles. The minimum Gasteiger partial charge on any atom is -0.277 e. The lowest BCUT2D eigenvalue weighted by Gasteiger charge is -1.86. The zero-order chi connectivity index (χ0) is 7.94. The van der Waals surface area contributed by atoms with Gasteiger partial charge in [-0.2, -0.15) is 0 Å². The average molecular weight is 146 g/mol. The maximum absolute atomic E-state index is 3.94. The van der Waals surface area contributed by atoms with Crippen LogP contribution in [0.1, 0.15) is 5.56 Å². The van der Waals surface area contributed by atoms with Gasteiger partial charge in [0.15, 0.2) is 0 Å². The molecule has 11 heavy (non-hydrogen) atoms. The highest BCUT2D eigenvalue weighted by atomic mass is 14.8. The molecule has 0 aliphatic heterocycles. The molecular weight excluding hydrogens is 136 g/mol. The first-order valence-corrected chi connectivity index (χ1v) is 3.42. The first kappa shape index (κ1) is 7.66. The van der Waals surface area contributed by atoms with E-state index in [-0.39, 0.29) is 0 Å². The average Bonchev–Trinajstić information content (AvgIpc) is 2.07. The summed E-state index contributed by atoms with van der Waals surface area (Å²) in [5.41, 5.74) is 1.09. The van der Waals surface area contributed by atoms with Gasteiger partial charge in [-0.25, -0.2) is 4.99 Å². The molecule has 0 radical (unpaired) electrons. The van der Waals surface area contributed by atoms with Gasteiger partial charge in [-0.15, -0.1) is 0 Å². The topological polar surface area (TPSA) is 24.7 Å². The van der Waals surface area contributed by atoms with Crippen LogP contribution in [-0.2, 0) is 0 Å². The molecule has 0 aliphatic rings. The summed E-state index contributed by atoms with van der Waals surface area (Å²) in [6.07, 6.45) is 3.29. The summed E-state index contributed by atoms with van der Waals surface area (Å²) in [7, 11) is 1.70. The van der Waals surface area contributed by atoms with Gasteiger partial charge in [0, 0.05) is 13.3 Å². The van der Waals surface area contributed by atoms with Crippen molar-refractivity contribution in [1.82, 2.24) is 0 Å². The van der Waals surface area contributed by atoms with E-state index in [9.17, 15) is 0 Å². The predicted octanol–water partition coefficient (Wildman–Crippen LogP) is 1.76. The number of hydrogen-bond acceptors (Lipinski definition) is 1. The van der Waals surface area contributed by atoms with E-state index in [2.05, 4.69) is 9.98 Å². The van der Waals surface area contributed by atoms with E-state index in [0.717, 1.165) is 5.56 Å². The second kappa shape index (κ2) is 4.39. The number of benzene rings is 1. The summed E-state index contributed by atoms with van der Waals surface area (Å²) < 4.78 is 0. The minimum atomic E-state index is 1.09. The Labute approximate surface area is 66.3 Å². The van der Waals surface area contributed by atoms with Crippen LogP contribution in [0.4, 0.5) is 0 Å². The van der Waals surface area contributed by atoms with Crippen LogP contribution >= 0.6 is 0 Å². The molecule has 0 spiro atoms. The quantitative estimate of drug-likeness (QED) is 0.448. The fourth-order valence-corrected chi connectivity index (χ4v) is 0.725. The van der Waals surface area contributed by atoms with E-state index in [1.807, 2.05) is 30.3 Å². The van der Waals surface area contributed by atoms with Crippen molar-refractivity contribution in [3.05, 3.63) is 35.9 Å². The zero-order valence-corrected chi connectivity index (χ0v) is 6.44. The van der Waals surface area contributed by atoms with Crippen molar-refractivity contribution in [1.29, 1.82) is 0 Å². The summed E-state index contributed by atoms with van der Waals surface area (Å²) in [5, 5.41) is 0. The van der Waals surface area contributed by atoms with Gasteiger partial charge in [0.1, 0.15) is 6.34 Å². The summed E-state index contributed by atoms with van der Waals surface area (Å²) >= 11 is 0. The van der Waals surface area contributed by atoms with Gasteiger partial charge >= 0.3 is 0 Å².